The Morgan fingerprint density at radius 2 is 2.09 bits per heavy atom. The highest BCUT2D eigenvalue weighted by Gasteiger charge is 2.16. The number of nitrogens with two attached hydrogens (primary N) is 1. The van der Waals surface area contributed by atoms with E-state index in [4.69, 9.17) is 16.1 Å². The summed E-state index contributed by atoms with van der Waals surface area (Å²) in [5, 5.41) is 21.9. The van der Waals surface area contributed by atoms with Gasteiger partial charge in [-0.2, -0.15) is 5.26 Å². The smallest absolute Gasteiger partial charge is 0.360 e. The zero-order chi connectivity index (χ0) is 17.0. The molecule has 0 spiro atoms. The lowest BCUT2D eigenvalue weighted by Gasteiger charge is -2.13. The van der Waals surface area contributed by atoms with Crippen LogP contribution in [0.4, 0.5) is 5.13 Å². The van der Waals surface area contributed by atoms with E-state index in [1.54, 1.807) is 6.07 Å². The van der Waals surface area contributed by atoms with E-state index in [1.165, 1.54) is 25.0 Å². The number of thiazole rings is 1. The van der Waals surface area contributed by atoms with E-state index in [0.717, 1.165) is 11.3 Å². The minimum absolute atomic E-state index is 0.114. The molecule has 0 aliphatic rings. The summed E-state index contributed by atoms with van der Waals surface area (Å²) < 4.78 is 0. The van der Waals surface area contributed by atoms with Gasteiger partial charge in [-0.1, -0.05) is 25.9 Å². The Morgan fingerprint density at radius 1 is 1.50 bits per heavy atom. The van der Waals surface area contributed by atoms with Crippen molar-refractivity contribution in [3.05, 3.63) is 11.1 Å². The number of rotatable bonds is 7. The molecule has 0 bridgehead atoms. The number of nitriles is 1. The van der Waals surface area contributed by atoms with Gasteiger partial charge >= 0.3 is 5.97 Å². The van der Waals surface area contributed by atoms with Crippen molar-refractivity contribution in [1.29, 1.82) is 5.26 Å². The molecule has 9 heteroatoms. The van der Waals surface area contributed by atoms with Gasteiger partial charge in [0.15, 0.2) is 5.13 Å². The van der Waals surface area contributed by atoms with Crippen LogP contribution in [0.25, 0.3) is 0 Å². The predicted octanol–water partition coefficient (Wildman–Crippen LogP) is 1.40. The van der Waals surface area contributed by atoms with Crippen LogP contribution >= 0.6 is 11.3 Å². The van der Waals surface area contributed by atoms with Crippen molar-refractivity contribution in [2.24, 2.45) is 5.16 Å². The molecule has 0 saturated carbocycles. The Balaban J connectivity index is 0.000000534. The summed E-state index contributed by atoms with van der Waals surface area (Å²) >= 11 is 1.09. The highest BCUT2D eigenvalue weighted by Crippen LogP contribution is 2.12. The highest BCUT2D eigenvalue weighted by atomic mass is 32.1. The summed E-state index contributed by atoms with van der Waals surface area (Å²) in [4.78, 5) is 21.3. The maximum atomic E-state index is 10.7. The predicted molar refractivity (Wildman–Crippen MR) is 85.7 cm³/mol. The number of carboxylic acids is 1. The van der Waals surface area contributed by atoms with Crippen LogP contribution in [0, 0.1) is 11.3 Å². The molecular formula is C13H21N5O3S. The fourth-order valence-corrected chi connectivity index (χ4v) is 1.94. The van der Waals surface area contributed by atoms with Crippen molar-refractivity contribution in [3.63, 3.8) is 0 Å². The summed E-state index contributed by atoms with van der Waals surface area (Å²) in [7, 11) is 0. The van der Waals surface area contributed by atoms with Gasteiger partial charge in [0.05, 0.1) is 0 Å². The second kappa shape index (κ2) is 11.5. The first-order chi connectivity index (χ1) is 10.5. The first-order valence-electron chi connectivity index (χ1n) is 6.73. The molecule has 8 nitrogen and oxygen atoms in total. The second-order valence-electron chi connectivity index (χ2n) is 3.87. The minimum atomic E-state index is -1.29. The number of carbonyl (C=O) groups is 1. The molecule has 3 N–H and O–H groups in total. The molecular weight excluding hydrogens is 306 g/mol. The molecule has 0 unspecified atom stereocenters. The number of hydrogen-bond acceptors (Lipinski definition) is 8. The Labute approximate surface area is 133 Å². The number of nitrogen functional groups attached to an aromatic ring is 1. The molecule has 0 aliphatic carbocycles. The molecule has 0 fully saturated rings. The number of aliphatic carboxylic acids is 1. The third-order valence-electron chi connectivity index (χ3n) is 2.59. The van der Waals surface area contributed by atoms with Crippen molar-refractivity contribution < 1.29 is 14.7 Å². The van der Waals surface area contributed by atoms with Crippen LogP contribution in [0.3, 0.4) is 0 Å². The van der Waals surface area contributed by atoms with Gasteiger partial charge in [-0.15, -0.1) is 11.3 Å². The van der Waals surface area contributed by atoms with E-state index in [1.807, 2.05) is 0 Å². The average molecular weight is 327 g/mol. The number of anilines is 1. The molecule has 22 heavy (non-hydrogen) atoms. The lowest BCUT2D eigenvalue weighted by molar-refractivity contribution is -0.129. The van der Waals surface area contributed by atoms with Crippen molar-refractivity contribution in [1.82, 2.24) is 9.88 Å². The summed E-state index contributed by atoms with van der Waals surface area (Å²) in [5.74, 6) is -1.29. The molecule has 1 heterocycles. The number of hydrogen-bond donors (Lipinski definition) is 2. The molecule has 0 saturated heterocycles. The number of nitrogens with zero attached hydrogens (tertiary/aromatic N) is 4. The van der Waals surface area contributed by atoms with E-state index in [2.05, 4.69) is 40.6 Å². The van der Waals surface area contributed by atoms with Crippen LogP contribution in [-0.2, 0) is 9.63 Å². The molecule has 1 aromatic rings. The standard InChI is InChI=1S/C7H6N4O3S.C6H15N/c8-1-2-14-11-5(6(12)13)4-3-15-7(9)10-4;1-4-7(5-2)6-3/h3H,2H2,(H2,9,10)(H,12,13);4-6H2,1-3H3. The zero-order valence-corrected chi connectivity index (χ0v) is 13.8. The fourth-order valence-electron chi connectivity index (χ4n) is 1.39. The summed E-state index contributed by atoms with van der Waals surface area (Å²) in [5.41, 5.74) is 5.07. The molecule has 0 aromatic carbocycles. The van der Waals surface area contributed by atoms with Crippen molar-refractivity contribution in [2.45, 2.75) is 20.8 Å². The highest BCUT2D eigenvalue weighted by molar-refractivity contribution is 7.13. The Kier molecular flexibility index (Phi) is 10.3. The second-order valence-corrected chi connectivity index (χ2v) is 4.76. The first kappa shape index (κ1) is 19.8. The van der Waals surface area contributed by atoms with Gasteiger partial charge in [0.25, 0.3) is 0 Å². The summed E-state index contributed by atoms with van der Waals surface area (Å²) in [6.07, 6.45) is 0. The zero-order valence-electron chi connectivity index (χ0n) is 12.9. The summed E-state index contributed by atoms with van der Waals surface area (Å²) in [6, 6.07) is 1.65. The molecule has 122 valence electrons. The lowest BCUT2D eigenvalue weighted by atomic mass is 10.3. The van der Waals surface area contributed by atoms with E-state index >= 15 is 0 Å². The SMILES string of the molecule is CCN(CC)CC.N#CCON=C(C(=O)O)c1csc(N)n1. The van der Waals surface area contributed by atoms with Gasteiger partial charge in [0.1, 0.15) is 11.8 Å². The molecule has 1 rings (SSSR count). The van der Waals surface area contributed by atoms with Gasteiger partial charge in [0, 0.05) is 5.38 Å². The quantitative estimate of drug-likeness (QED) is 0.440. The largest absolute Gasteiger partial charge is 0.476 e. The Morgan fingerprint density at radius 3 is 2.41 bits per heavy atom. The van der Waals surface area contributed by atoms with Gasteiger partial charge < -0.3 is 20.6 Å². The molecule has 0 amide bonds. The normalized spacial score (nSPS) is 10.6. The van der Waals surface area contributed by atoms with Crippen molar-refractivity contribution in [2.75, 3.05) is 32.0 Å². The Hall–Kier alpha value is -2.18. The molecule has 0 radical (unpaired) electrons. The van der Waals surface area contributed by atoms with E-state index < -0.39 is 5.97 Å². The minimum Gasteiger partial charge on any atom is -0.476 e. The maximum Gasteiger partial charge on any atom is 0.360 e. The molecule has 1 aromatic heterocycles. The monoisotopic (exact) mass is 327 g/mol. The van der Waals surface area contributed by atoms with Crippen molar-refractivity contribution in [3.8, 4) is 6.07 Å². The van der Waals surface area contributed by atoms with Crippen molar-refractivity contribution >= 4 is 28.1 Å². The van der Waals surface area contributed by atoms with Crippen LogP contribution in [0.1, 0.15) is 26.5 Å². The topological polar surface area (TPSA) is 125 Å². The first-order valence-corrected chi connectivity index (χ1v) is 7.61. The Bertz CT molecular complexity index is 514. The van der Waals surface area contributed by atoms with Gasteiger partial charge in [-0.25, -0.2) is 9.78 Å². The average Bonchev–Trinajstić information content (AvgIpc) is 2.92. The number of aromatic nitrogens is 1. The van der Waals surface area contributed by atoms with E-state index in [9.17, 15) is 4.79 Å². The van der Waals surface area contributed by atoms with Crippen LogP contribution < -0.4 is 5.73 Å². The van der Waals surface area contributed by atoms with Gasteiger partial charge in [0.2, 0.25) is 12.3 Å². The summed E-state index contributed by atoms with van der Waals surface area (Å²) in [6.45, 7) is 9.80. The number of carboxylic acid groups (broad SMARTS) is 1. The van der Waals surface area contributed by atoms with Crippen LogP contribution in [0.2, 0.25) is 0 Å². The fraction of sp³-hybridized carbons (Fsp3) is 0.538. The van der Waals surface area contributed by atoms with Crippen LogP contribution in [-0.4, -0.2) is 52.9 Å². The maximum absolute atomic E-state index is 10.7. The third kappa shape index (κ3) is 7.56. The van der Waals surface area contributed by atoms with E-state index in [-0.39, 0.29) is 23.1 Å². The van der Waals surface area contributed by atoms with Crippen LogP contribution in [0.5, 0.6) is 0 Å². The lowest BCUT2D eigenvalue weighted by Crippen LogP contribution is -2.21. The molecule has 0 atom stereocenters. The van der Waals surface area contributed by atoms with E-state index in [0.29, 0.717) is 0 Å². The van der Waals surface area contributed by atoms with Crippen LogP contribution in [0.15, 0.2) is 10.5 Å². The van der Waals surface area contributed by atoms with Gasteiger partial charge in [-0.05, 0) is 19.6 Å². The number of oxime groups is 1. The van der Waals surface area contributed by atoms with Gasteiger partial charge in [-0.3, -0.25) is 0 Å². The third-order valence-corrected chi connectivity index (χ3v) is 3.27. The molecule has 0 aliphatic heterocycles.